The Kier molecular flexibility index (Phi) is 7.04. The van der Waals surface area contributed by atoms with Crippen molar-refractivity contribution < 1.29 is 27.9 Å². The number of benzene rings is 3. The number of carbonyl (C=O) groups is 2. The molecule has 1 amide bonds. The van der Waals surface area contributed by atoms with E-state index in [0.717, 1.165) is 11.1 Å². The van der Waals surface area contributed by atoms with E-state index < -0.39 is 17.5 Å². The minimum Gasteiger partial charge on any atom is -0.482 e. The van der Waals surface area contributed by atoms with E-state index in [1.807, 2.05) is 43.3 Å². The number of carbonyl (C=O) groups excluding carboxylic acids is 2. The highest BCUT2D eigenvalue weighted by Gasteiger charge is 2.15. The minimum absolute atomic E-state index is 0.136. The van der Waals surface area contributed by atoms with Crippen LogP contribution < -0.4 is 20.4 Å². The van der Waals surface area contributed by atoms with Gasteiger partial charge in [-0.2, -0.15) is 0 Å². The highest BCUT2D eigenvalue weighted by atomic mass is 16.6. The Morgan fingerprint density at radius 2 is 1.58 bits per heavy atom. The Bertz CT molecular complexity index is 1630. The second-order valence-electron chi connectivity index (χ2n) is 8.56. The molecule has 0 unspecified atom stereocenters. The topological polar surface area (TPSA) is 108 Å². The summed E-state index contributed by atoms with van der Waals surface area (Å²) in [6.07, 6.45) is 1.49. The number of fused-ring (bicyclic) bond motifs is 1. The van der Waals surface area contributed by atoms with E-state index in [1.54, 1.807) is 36.4 Å². The SMILES string of the molecule is Cc1ccc(-c2ccc(OCC(=O)Oc3ccc4cc(C(=O)NCc5ccco5)c(=O)oc4c3)cc2)cc1. The summed E-state index contributed by atoms with van der Waals surface area (Å²) in [5, 5.41) is 3.11. The number of furan rings is 1. The lowest BCUT2D eigenvalue weighted by Gasteiger charge is -2.09. The first-order valence-electron chi connectivity index (χ1n) is 11.8. The summed E-state index contributed by atoms with van der Waals surface area (Å²) >= 11 is 0. The average molecular weight is 510 g/mol. The molecule has 0 fully saturated rings. The molecule has 0 aliphatic carbocycles. The maximum Gasteiger partial charge on any atom is 0.349 e. The monoisotopic (exact) mass is 509 g/mol. The highest BCUT2D eigenvalue weighted by Crippen LogP contribution is 2.24. The van der Waals surface area contributed by atoms with Crippen molar-refractivity contribution in [2.45, 2.75) is 13.5 Å². The number of aryl methyl sites for hydroxylation is 1. The predicted octanol–water partition coefficient (Wildman–Crippen LogP) is 5.28. The minimum atomic E-state index is -0.810. The molecule has 190 valence electrons. The Hall–Kier alpha value is -5.11. The van der Waals surface area contributed by atoms with Crippen molar-refractivity contribution in [2.24, 2.45) is 0 Å². The van der Waals surface area contributed by atoms with Crippen LogP contribution in [0.15, 0.2) is 105 Å². The van der Waals surface area contributed by atoms with Crippen molar-refractivity contribution in [3.63, 3.8) is 0 Å². The van der Waals surface area contributed by atoms with Gasteiger partial charge in [0.15, 0.2) is 6.61 Å². The molecule has 8 heteroatoms. The summed E-state index contributed by atoms with van der Waals surface area (Å²) in [5.41, 5.74) is 2.54. The summed E-state index contributed by atoms with van der Waals surface area (Å²) in [4.78, 5) is 37.1. The lowest BCUT2D eigenvalue weighted by molar-refractivity contribution is -0.136. The van der Waals surface area contributed by atoms with Crippen molar-refractivity contribution in [3.8, 4) is 22.6 Å². The first-order valence-corrected chi connectivity index (χ1v) is 11.8. The zero-order valence-corrected chi connectivity index (χ0v) is 20.4. The molecule has 38 heavy (non-hydrogen) atoms. The fourth-order valence-electron chi connectivity index (χ4n) is 3.78. The van der Waals surface area contributed by atoms with E-state index in [2.05, 4.69) is 5.32 Å². The van der Waals surface area contributed by atoms with Gasteiger partial charge in [-0.05, 0) is 60.5 Å². The third kappa shape index (κ3) is 5.82. The average Bonchev–Trinajstić information content (AvgIpc) is 3.45. The Labute approximate surface area is 217 Å². The molecular formula is C30H23NO7. The highest BCUT2D eigenvalue weighted by molar-refractivity contribution is 5.96. The third-order valence-corrected chi connectivity index (χ3v) is 5.78. The summed E-state index contributed by atoms with van der Waals surface area (Å²) < 4.78 is 21.3. The lowest BCUT2D eigenvalue weighted by Crippen LogP contribution is -2.27. The van der Waals surface area contributed by atoms with Gasteiger partial charge in [0, 0.05) is 11.5 Å². The van der Waals surface area contributed by atoms with Crippen molar-refractivity contribution in [3.05, 3.63) is 118 Å². The fourth-order valence-corrected chi connectivity index (χ4v) is 3.78. The molecule has 0 aliphatic rings. The number of rotatable bonds is 8. The van der Waals surface area contributed by atoms with Gasteiger partial charge in [0.05, 0.1) is 12.8 Å². The van der Waals surface area contributed by atoms with Crippen LogP contribution in [-0.2, 0) is 11.3 Å². The van der Waals surface area contributed by atoms with Crippen LogP contribution in [0.3, 0.4) is 0 Å². The molecule has 0 bridgehead atoms. The van der Waals surface area contributed by atoms with E-state index in [4.69, 9.17) is 18.3 Å². The van der Waals surface area contributed by atoms with Crippen LogP contribution in [0.25, 0.3) is 22.1 Å². The van der Waals surface area contributed by atoms with Crippen LogP contribution in [0.2, 0.25) is 0 Å². The molecule has 1 N–H and O–H groups in total. The Morgan fingerprint density at radius 3 is 2.29 bits per heavy atom. The number of hydrogen-bond acceptors (Lipinski definition) is 7. The molecule has 5 rings (SSSR count). The molecule has 0 saturated heterocycles. The summed E-state index contributed by atoms with van der Waals surface area (Å²) in [7, 11) is 0. The van der Waals surface area contributed by atoms with Crippen LogP contribution >= 0.6 is 0 Å². The predicted molar refractivity (Wildman–Crippen MR) is 140 cm³/mol. The van der Waals surface area contributed by atoms with Gasteiger partial charge in [0.25, 0.3) is 5.91 Å². The molecule has 8 nitrogen and oxygen atoms in total. The van der Waals surface area contributed by atoms with Gasteiger partial charge in [0.2, 0.25) is 0 Å². The van der Waals surface area contributed by atoms with E-state index in [0.29, 0.717) is 16.9 Å². The Balaban J connectivity index is 1.19. The van der Waals surface area contributed by atoms with E-state index in [-0.39, 0.29) is 30.0 Å². The molecule has 2 heterocycles. The first-order chi connectivity index (χ1) is 18.4. The van der Waals surface area contributed by atoms with Gasteiger partial charge >= 0.3 is 11.6 Å². The number of hydrogen-bond donors (Lipinski definition) is 1. The number of nitrogens with one attached hydrogen (secondary N) is 1. The van der Waals surface area contributed by atoms with Crippen LogP contribution in [-0.4, -0.2) is 18.5 Å². The van der Waals surface area contributed by atoms with Gasteiger partial charge in [-0.3, -0.25) is 4.79 Å². The molecule has 3 aromatic carbocycles. The molecule has 0 radical (unpaired) electrons. The van der Waals surface area contributed by atoms with Crippen LogP contribution in [0.5, 0.6) is 11.5 Å². The molecular weight excluding hydrogens is 486 g/mol. The maximum absolute atomic E-state index is 12.4. The van der Waals surface area contributed by atoms with Crippen LogP contribution in [0.4, 0.5) is 0 Å². The van der Waals surface area contributed by atoms with Gasteiger partial charge in [0.1, 0.15) is 28.4 Å². The number of ether oxygens (including phenoxy) is 2. The summed E-state index contributed by atoms with van der Waals surface area (Å²) in [6.45, 7) is 1.87. The molecule has 2 aromatic heterocycles. The molecule has 0 saturated carbocycles. The van der Waals surface area contributed by atoms with Crippen molar-refractivity contribution in [1.82, 2.24) is 5.32 Å². The molecule has 0 atom stereocenters. The second kappa shape index (κ2) is 10.9. The van der Waals surface area contributed by atoms with Crippen LogP contribution in [0.1, 0.15) is 21.7 Å². The zero-order valence-electron chi connectivity index (χ0n) is 20.4. The Morgan fingerprint density at radius 1 is 0.868 bits per heavy atom. The standard InChI is InChI=1S/C30H23NO7/c1-19-4-6-20(7-5-19)21-8-11-23(12-9-21)36-18-28(32)37-24-13-10-22-15-26(30(34)38-27(22)16-24)29(33)31-17-25-3-2-14-35-25/h2-16H,17-18H2,1H3,(H,31,33). The maximum atomic E-state index is 12.4. The number of amides is 1. The van der Waals surface area contributed by atoms with Crippen molar-refractivity contribution in [2.75, 3.05) is 6.61 Å². The van der Waals surface area contributed by atoms with Crippen molar-refractivity contribution >= 4 is 22.8 Å². The quantitative estimate of drug-likeness (QED) is 0.172. The zero-order chi connectivity index (χ0) is 26.5. The largest absolute Gasteiger partial charge is 0.482 e. The normalized spacial score (nSPS) is 10.8. The van der Waals surface area contributed by atoms with Crippen LogP contribution in [0, 0.1) is 6.92 Å². The molecule has 5 aromatic rings. The van der Waals surface area contributed by atoms with E-state index in [1.165, 1.54) is 24.0 Å². The van der Waals surface area contributed by atoms with Gasteiger partial charge in [-0.25, -0.2) is 9.59 Å². The first kappa shape index (κ1) is 24.6. The van der Waals surface area contributed by atoms with E-state index >= 15 is 0 Å². The van der Waals surface area contributed by atoms with E-state index in [9.17, 15) is 14.4 Å². The summed E-state index contributed by atoms with van der Waals surface area (Å²) in [5.74, 6) is 0.0530. The van der Waals surface area contributed by atoms with Gasteiger partial charge in [-0.1, -0.05) is 42.0 Å². The van der Waals surface area contributed by atoms with Gasteiger partial charge < -0.3 is 23.6 Å². The lowest BCUT2D eigenvalue weighted by atomic mass is 10.0. The second-order valence-corrected chi connectivity index (χ2v) is 8.56. The molecule has 0 spiro atoms. The van der Waals surface area contributed by atoms with Crippen molar-refractivity contribution in [1.29, 1.82) is 0 Å². The smallest absolute Gasteiger partial charge is 0.349 e. The van der Waals surface area contributed by atoms with Gasteiger partial charge in [-0.15, -0.1) is 0 Å². The number of esters is 1. The third-order valence-electron chi connectivity index (χ3n) is 5.78. The fraction of sp³-hybridized carbons (Fsp3) is 0.100. The molecule has 0 aliphatic heterocycles. The summed E-state index contributed by atoms with van der Waals surface area (Å²) in [6, 6.07) is 25.0.